The zero-order chi connectivity index (χ0) is 34.1. The van der Waals surface area contributed by atoms with Crippen LogP contribution in [0.5, 0.6) is 0 Å². The van der Waals surface area contributed by atoms with Crippen molar-refractivity contribution in [2.24, 2.45) is 17.6 Å². The van der Waals surface area contributed by atoms with Gasteiger partial charge in [-0.3, -0.25) is 19.2 Å². The lowest BCUT2D eigenvalue weighted by atomic mass is 10.2. The molecule has 1 aromatic heterocycles. The van der Waals surface area contributed by atoms with Crippen LogP contribution in [0.15, 0.2) is 59.4 Å². The number of nitrogens with two attached hydrogens (primary N) is 1. The van der Waals surface area contributed by atoms with Gasteiger partial charge in [-0.05, 0) is 68.4 Å². The van der Waals surface area contributed by atoms with Crippen molar-refractivity contribution < 1.29 is 19.1 Å². The van der Waals surface area contributed by atoms with Crippen molar-refractivity contribution in [2.75, 3.05) is 25.5 Å². The van der Waals surface area contributed by atoms with Crippen LogP contribution in [0.25, 0.3) is 10.2 Å². The second-order valence-corrected chi connectivity index (χ2v) is 12.5. The van der Waals surface area contributed by atoms with E-state index in [0.717, 1.165) is 29.5 Å². The number of ether oxygens (including phenoxy) is 1. The number of amides is 2. The topological polar surface area (TPSA) is 135 Å². The Labute approximate surface area is 285 Å². The third-order valence-electron chi connectivity index (χ3n) is 7.24. The number of likely N-dealkylation sites (tertiary alicyclic amines) is 1. The molecule has 1 aliphatic carbocycles. The molecule has 2 heterocycles. The SMILES string of the molecule is CC.CCCCC/C=C\C1CC1C(=O)OC.NC(=O)C1CCCN1C(=O)CNc1cc(Cl)cc(Cl)c1.O=c1[nH]c2ccccc2s1. The number of aromatic nitrogens is 1. The minimum atomic E-state index is -0.493. The van der Waals surface area contributed by atoms with Gasteiger partial charge in [-0.2, -0.15) is 0 Å². The van der Waals surface area contributed by atoms with Gasteiger partial charge in [0.1, 0.15) is 6.04 Å². The molecule has 0 radical (unpaired) electrons. The number of H-pyrrole nitrogens is 1. The van der Waals surface area contributed by atoms with Gasteiger partial charge in [-0.15, -0.1) is 0 Å². The number of nitrogens with one attached hydrogen (secondary N) is 2. The number of carbonyl (C=O) groups excluding carboxylic acids is 3. The Hall–Kier alpha value is -3.34. The Morgan fingerprint density at radius 1 is 1.13 bits per heavy atom. The maximum absolute atomic E-state index is 12.1. The summed E-state index contributed by atoms with van der Waals surface area (Å²) in [5, 5.41) is 3.93. The van der Waals surface area contributed by atoms with Gasteiger partial charge in [0.25, 0.3) is 0 Å². The third-order valence-corrected chi connectivity index (χ3v) is 8.54. The predicted octanol–water partition coefficient (Wildman–Crippen LogP) is 7.43. The molecule has 0 bridgehead atoms. The second kappa shape index (κ2) is 20.7. The van der Waals surface area contributed by atoms with Crippen LogP contribution < -0.4 is 15.9 Å². The Bertz CT molecular complexity index is 1440. The molecule has 2 aliphatic rings. The third kappa shape index (κ3) is 13.2. The van der Waals surface area contributed by atoms with E-state index in [1.54, 1.807) is 18.2 Å². The summed E-state index contributed by atoms with van der Waals surface area (Å²) >= 11 is 13.0. The van der Waals surface area contributed by atoms with E-state index in [0.29, 0.717) is 34.6 Å². The quantitative estimate of drug-likeness (QED) is 0.115. The van der Waals surface area contributed by atoms with E-state index in [9.17, 15) is 19.2 Å². The number of para-hydroxylation sites is 1. The number of esters is 1. The number of hydrogen-bond acceptors (Lipinski definition) is 7. The van der Waals surface area contributed by atoms with E-state index in [4.69, 9.17) is 28.9 Å². The normalized spacial score (nSPS) is 18.0. The van der Waals surface area contributed by atoms with Crippen molar-refractivity contribution in [2.45, 2.75) is 71.8 Å². The monoisotopic (exact) mass is 692 g/mol. The number of rotatable bonds is 10. The lowest BCUT2D eigenvalue weighted by Gasteiger charge is -2.22. The number of allylic oxidation sites excluding steroid dienone is 2. The van der Waals surface area contributed by atoms with Crippen molar-refractivity contribution in [1.82, 2.24) is 9.88 Å². The summed E-state index contributed by atoms with van der Waals surface area (Å²) in [7, 11) is 1.46. The molecule has 1 aliphatic heterocycles. The Balaban J connectivity index is 0.000000247. The first-order valence-electron chi connectivity index (χ1n) is 15.7. The molecule has 2 amide bonds. The van der Waals surface area contributed by atoms with Crippen molar-refractivity contribution in [1.29, 1.82) is 0 Å². The summed E-state index contributed by atoms with van der Waals surface area (Å²) in [4.78, 5) is 49.4. The molecule has 12 heteroatoms. The molecule has 3 aromatic rings. The molecule has 1 saturated carbocycles. The first-order chi connectivity index (χ1) is 22.1. The highest BCUT2D eigenvalue weighted by atomic mass is 35.5. The molecule has 252 valence electrons. The van der Waals surface area contributed by atoms with Crippen molar-refractivity contribution in [3.8, 4) is 0 Å². The van der Waals surface area contributed by atoms with Gasteiger partial charge < -0.3 is 25.7 Å². The van der Waals surface area contributed by atoms with Crippen LogP contribution in [0.4, 0.5) is 5.69 Å². The number of anilines is 1. The molecular formula is C34H46Cl2N4O5S. The van der Waals surface area contributed by atoms with E-state index >= 15 is 0 Å². The van der Waals surface area contributed by atoms with Gasteiger partial charge in [0.05, 0.1) is 29.8 Å². The average molecular weight is 694 g/mol. The number of halogens is 2. The summed E-state index contributed by atoms with van der Waals surface area (Å²) < 4.78 is 5.70. The number of thiazole rings is 1. The number of primary amides is 1. The summed E-state index contributed by atoms with van der Waals surface area (Å²) in [6, 6.07) is 12.1. The van der Waals surface area contributed by atoms with E-state index in [1.807, 2.05) is 38.1 Å². The largest absolute Gasteiger partial charge is 0.469 e. The molecule has 1 saturated heterocycles. The summed E-state index contributed by atoms with van der Waals surface area (Å²) in [5.74, 6) is -0.0521. The van der Waals surface area contributed by atoms with Gasteiger partial charge in [0.2, 0.25) is 11.8 Å². The number of methoxy groups -OCH3 is 1. The van der Waals surface area contributed by atoms with Crippen LogP contribution in [0, 0.1) is 11.8 Å². The van der Waals surface area contributed by atoms with Crippen LogP contribution in [-0.2, 0) is 19.1 Å². The maximum Gasteiger partial charge on any atom is 0.309 e. The van der Waals surface area contributed by atoms with Gasteiger partial charge in [-0.25, -0.2) is 0 Å². The highest BCUT2D eigenvalue weighted by Crippen LogP contribution is 2.40. The number of aromatic amines is 1. The second-order valence-electron chi connectivity index (χ2n) is 10.6. The van der Waals surface area contributed by atoms with Crippen LogP contribution in [0.2, 0.25) is 10.0 Å². The minimum Gasteiger partial charge on any atom is -0.469 e. The minimum absolute atomic E-state index is 0.0150. The molecule has 4 N–H and O–H groups in total. The zero-order valence-electron chi connectivity index (χ0n) is 27.0. The van der Waals surface area contributed by atoms with Gasteiger partial charge in [-0.1, -0.05) is 92.4 Å². The van der Waals surface area contributed by atoms with E-state index in [1.165, 1.54) is 42.6 Å². The molecule has 9 nitrogen and oxygen atoms in total. The van der Waals surface area contributed by atoms with E-state index in [2.05, 4.69) is 34.1 Å². The number of unbranched alkanes of at least 4 members (excludes halogenated alkanes) is 3. The number of benzene rings is 2. The lowest BCUT2D eigenvalue weighted by molar-refractivity contribution is -0.142. The summed E-state index contributed by atoms with van der Waals surface area (Å²) in [6.45, 7) is 6.84. The lowest BCUT2D eigenvalue weighted by Crippen LogP contribution is -2.45. The van der Waals surface area contributed by atoms with Gasteiger partial charge >= 0.3 is 10.8 Å². The fraction of sp³-hybridized carbons (Fsp3) is 0.471. The van der Waals surface area contributed by atoms with Crippen molar-refractivity contribution >= 4 is 68.2 Å². The maximum atomic E-state index is 12.1. The smallest absolute Gasteiger partial charge is 0.309 e. The first kappa shape index (κ1) is 38.8. The Morgan fingerprint density at radius 3 is 2.46 bits per heavy atom. The summed E-state index contributed by atoms with van der Waals surface area (Å²) in [5.41, 5.74) is 6.87. The molecular weight excluding hydrogens is 647 g/mol. The highest BCUT2D eigenvalue weighted by molar-refractivity contribution is 7.16. The van der Waals surface area contributed by atoms with Gasteiger partial charge in [0, 0.05) is 22.3 Å². The molecule has 3 unspecified atom stereocenters. The predicted molar refractivity (Wildman–Crippen MR) is 190 cm³/mol. The molecule has 5 rings (SSSR count). The van der Waals surface area contributed by atoms with Crippen molar-refractivity contribution in [3.63, 3.8) is 0 Å². The van der Waals surface area contributed by atoms with E-state index in [-0.39, 0.29) is 29.2 Å². The fourth-order valence-electron chi connectivity index (χ4n) is 4.82. The number of fused-ring (bicyclic) bond motifs is 1. The standard InChI is InChI=1S/C13H15Cl2N3O2.C12H20O2.C7H5NOS.C2H6/c14-8-4-9(15)6-10(5-8)17-7-12(19)18-3-1-2-11(18)13(16)20;1-3-4-5-6-7-8-10-9-11(10)12(13)14-2;9-7-8-5-3-1-2-4-6(5)10-7;1-2/h4-6,11,17H,1-3,7H2,(H2,16,20);7-8,10-11H,3-6,9H2,1-2H3;1-4H,(H,8,9);1-2H3/b;8-7-;;. The van der Waals surface area contributed by atoms with Crippen LogP contribution in [0.1, 0.15) is 65.7 Å². The summed E-state index contributed by atoms with van der Waals surface area (Å²) in [6.07, 6.45) is 11.8. The van der Waals surface area contributed by atoms with Gasteiger partial charge in [0.15, 0.2) is 0 Å². The van der Waals surface area contributed by atoms with Crippen LogP contribution >= 0.6 is 34.5 Å². The number of carbonyl (C=O) groups is 3. The fourth-order valence-corrected chi connectivity index (χ4v) is 6.09. The molecule has 2 aromatic carbocycles. The number of nitrogens with zero attached hydrogens (tertiary/aromatic N) is 1. The van der Waals surface area contributed by atoms with Crippen molar-refractivity contribution in [3.05, 3.63) is 74.3 Å². The molecule has 0 spiro atoms. The average Bonchev–Trinajstić information content (AvgIpc) is 3.44. The Morgan fingerprint density at radius 2 is 1.83 bits per heavy atom. The Kier molecular flexibility index (Phi) is 17.5. The van der Waals surface area contributed by atoms with Crippen LogP contribution in [0.3, 0.4) is 0 Å². The van der Waals surface area contributed by atoms with Crippen LogP contribution in [-0.4, -0.2) is 53.9 Å². The first-order valence-corrected chi connectivity index (χ1v) is 17.3. The molecule has 3 atom stereocenters. The molecule has 2 fully saturated rings. The zero-order valence-corrected chi connectivity index (χ0v) is 29.4. The molecule has 46 heavy (non-hydrogen) atoms. The highest BCUT2D eigenvalue weighted by Gasteiger charge is 2.41. The van der Waals surface area contributed by atoms with E-state index < -0.39 is 11.9 Å². The number of hydrogen-bond donors (Lipinski definition) is 3.